The fraction of sp³-hybridized carbons (Fsp3) is 0.189. The number of anilines is 4. The van der Waals surface area contributed by atoms with Crippen molar-refractivity contribution in [3.05, 3.63) is 259 Å². The van der Waals surface area contributed by atoms with Crippen molar-refractivity contribution in [1.29, 1.82) is 0 Å². The first-order chi connectivity index (χ1) is 37.9. The zero-order chi connectivity index (χ0) is 54.6. The topological polar surface area (TPSA) is 33.5 Å². The molecule has 1 aliphatic heterocycles. The average molecular weight is 1220 g/mol. The number of fused-ring (bicyclic) bond motifs is 7. The Hall–Kier alpha value is -7.98. The van der Waals surface area contributed by atoms with Gasteiger partial charge < -0.3 is 19.1 Å². The Labute approximate surface area is 486 Å². The minimum Gasteiger partial charge on any atom is -0.509 e. The fourth-order valence-corrected chi connectivity index (χ4v) is 12.2. The zero-order valence-electron chi connectivity index (χ0n) is 47.2. The maximum Gasteiger partial charge on any atom is 0.135 e. The van der Waals surface area contributed by atoms with Crippen LogP contribution in [0, 0.1) is 18.8 Å². The van der Waals surface area contributed by atoms with Gasteiger partial charge in [0, 0.05) is 77.9 Å². The molecule has 0 saturated carbocycles. The van der Waals surface area contributed by atoms with Gasteiger partial charge in [-0.2, -0.15) is 6.07 Å². The number of hydrogen-bond acceptors (Lipinski definition) is 4. The normalized spacial score (nSPS) is 13.8. The Bertz CT molecular complexity index is 4070. The van der Waals surface area contributed by atoms with Gasteiger partial charge in [-0.25, -0.2) is 4.98 Å². The number of nitrogens with zero attached hydrogens (tertiary/aromatic N) is 4. The quantitative estimate of drug-likeness (QED) is 0.142. The van der Waals surface area contributed by atoms with Crippen molar-refractivity contribution in [2.45, 2.75) is 90.9 Å². The van der Waals surface area contributed by atoms with E-state index in [1.807, 2.05) is 6.20 Å². The molecule has 0 fully saturated rings. The van der Waals surface area contributed by atoms with E-state index >= 15 is 0 Å². The maximum absolute atomic E-state index is 7.27. The summed E-state index contributed by atoms with van der Waals surface area (Å²) in [7, 11) is 0. The van der Waals surface area contributed by atoms with Gasteiger partial charge in [0.25, 0.3) is 0 Å². The van der Waals surface area contributed by atoms with Crippen LogP contribution in [-0.4, -0.2) is 9.55 Å². The smallest absolute Gasteiger partial charge is 0.135 e. The average Bonchev–Trinajstić information content (AvgIpc) is 4.31. The van der Waals surface area contributed by atoms with Crippen molar-refractivity contribution in [3.63, 3.8) is 0 Å². The Morgan fingerprint density at radius 3 is 1.66 bits per heavy atom. The maximum atomic E-state index is 7.27. The van der Waals surface area contributed by atoms with Crippen molar-refractivity contribution in [2.75, 3.05) is 9.80 Å². The van der Waals surface area contributed by atoms with Crippen LogP contribution in [-0.2, 0) is 42.7 Å². The summed E-state index contributed by atoms with van der Waals surface area (Å²) < 4.78 is 9.57. The van der Waals surface area contributed by atoms with Gasteiger partial charge in [-0.1, -0.05) is 207 Å². The molecule has 0 unspecified atom stereocenters. The van der Waals surface area contributed by atoms with Gasteiger partial charge in [-0.15, -0.1) is 53.6 Å². The Kier molecular flexibility index (Phi) is 13.0. The summed E-state index contributed by atoms with van der Waals surface area (Å²) in [5.74, 6) is 2.03. The third kappa shape index (κ3) is 8.86. The standard InChI is InChI=1S/C74H65N4O.Pt/c1-71(2,3)50-38-39-75-68(44-50)78-67-46-54(36-37-58(67)59-30-23-33-64(70(59)78)73(7,8)9)79-55-41-52(74(10)62-31-19-17-28-56(62)57-29-18-20-32-63(57)74)40-53(45-55)76-47-77(66-35-22-21-34-65(66)76)69-60(48-24-13-11-14-25-48)42-51(72(4,5)6)43-61(69)49-26-15-12-16-27-49;/h11-44,47H,1-10H3;/q-3;. The summed E-state index contributed by atoms with van der Waals surface area (Å²) in [5, 5.41) is 2.24. The molecule has 2 aromatic heterocycles. The third-order valence-corrected chi connectivity index (χ3v) is 16.4. The molecule has 0 atom stereocenters. The Morgan fingerprint density at radius 1 is 0.487 bits per heavy atom. The predicted molar refractivity (Wildman–Crippen MR) is 329 cm³/mol. The number of ether oxygens (including phenoxy) is 1. The molecule has 0 bridgehead atoms. The van der Waals surface area contributed by atoms with Crippen LogP contribution in [0.3, 0.4) is 0 Å². The third-order valence-electron chi connectivity index (χ3n) is 16.4. The second kappa shape index (κ2) is 19.7. The second-order valence-electron chi connectivity index (χ2n) is 24.7. The minimum atomic E-state index is -0.537. The van der Waals surface area contributed by atoms with Crippen molar-refractivity contribution in [2.24, 2.45) is 0 Å². The summed E-state index contributed by atoms with van der Waals surface area (Å²) >= 11 is 0. The van der Waals surface area contributed by atoms with E-state index in [0.717, 1.165) is 78.2 Å². The molecule has 0 spiro atoms. The first kappa shape index (κ1) is 52.7. The van der Waals surface area contributed by atoms with E-state index in [1.165, 1.54) is 38.9 Å². The molecule has 0 saturated heterocycles. The molecule has 1 aliphatic carbocycles. The SMILES string of the molecule is CC(C)(C)c1ccnc(-n2c3[c-]c(Oc4[c-]c(N5[CH-]N(c6c(-c7ccccc7)cc(C(C)(C)C)cc6-c6ccccc6)c6ccccc65)cc(C5(C)c6ccccc6-c6ccccc65)c4)ccc3c3cccc(C(C)(C)C)c32)c1.[Pt]. The molecule has 0 amide bonds. The Balaban J connectivity index is 0.00000637. The zero-order valence-corrected chi connectivity index (χ0v) is 49.5. The van der Waals surface area contributed by atoms with E-state index in [1.54, 1.807) is 0 Å². The van der Waals surface area contributed by atoms with Gasteiger partial charge in [0.1, 0.15) is 5.82 Å². The number of aromatic nitrogens is 2. The summed E-state index contributed by atoms with van der Waals surface area (Å²) in [6.07, 6.45) is 1.94. The number of para-hydroxylation sites is 3. The molecule has 11 aromatic rings. The van der Waals surface area contributed by atoms with E-state index in [0.29, 0.717) is 11.5 Å². The summed E-state index contributed by atoms with van der Waals surface area (Å²) in [4.78, 5) is 9.77. The van der Waals surface area contributed by atoms with Gasteiger partial charge in [0.05, 0.1) is 0 Å². The largest absolute Gasteiger partial charge is 0.509 e. The van der Waals surface area contributed by atoms with Gasteiger partial charge in [-0.05, 0) is 115 Å². The first-order valence-electron chi connectivity index (χ1n) is 27.7. The molecule has 9 aromatic carbocycles. The summed E-state index contributed by atoms with van der Waals surface area (Å²) in [5.41, 5.74) is 19.7. The molecular weight excluding hydrogens is 1160 g/mol. The van der Waals surface area contributed by atoms with Crippen LogP contribution < -0.4 is 14.5 Å². The molecule has 3 heterocycles. The van der Waals surface area contributed by atoms with Crippen LogP contribution in [0.2, 0.25) is 0 Å². The second-order valence-corrected chi connectivity index (χ2v) is 24.7. The molecule has 2 aliphatic rings. The van der Waals surface area contributed by atoms with Crippen LogP contribution in [0.25, 0.3) is 61.0 Å². The van der Waals surface area contributed by atoms with E-state index < -0.39 is 5.41 Å². The van der Waals surface area contributed by atoms with E-state index in [9.17, 15) is 0 Å². The molecule has 400 valence electrons. The van der Waals surface area contributed by atoms with Crippen LogP contribution in [0.5, 0.6) is 11.5 Å². The summed E-state index contributed by atoms with van der Waals surface area (Å²) in [6, 6.07) is 80.5. The Morgan fingerprint density at radius 2 is 1.06 bits per heavy atom. The number of hydrogen-bond donors (Lipinski definition) is 0. The number of pyridine rings is 1. The molecule has 13 rings (SSSR count). The fourth-order valence-electron chi connectivity index (χ4n) is 12.2. The summed E-state index contributed by atoms with van der Waals surface area (Å²) in [6.45, 7) is 25.1. The van der Waals surface area contributed by atoms with E-state index in [2.05, 4.69) is 303 Å². The minimum absolute atomic E-state index is 0. The van der Waals surface area contributed by atoms with Crippen molar-refractivity contribution in [1.82, 2.24) is 9.55 Å². The van der Waals surface area contributed by atoms with Crippen LogP contribution in [0.1, 0.15) is 103 Å². The molecule has 0 radical (unpaired) electrons. The van der Waals surface area contributed by atoms with Crippen molar-refractivity contribution < 1.29 is 25.8 Å². The van der Waals surface area contributed by atoms with E-state index in [4.69, 9.17) is 9.72 Å². The van der Waals surface area contributed by atoms with Crippen LogP contribution in [0.15, 0.2) is 206 Å². The monoisotopic (exact) mass is 1220 g/mol. The van der Waals surface area contributed by atoms with Gasteiger partial charge in [0.15, 0.2) is 0 Å². The van der Waals surface area contributed by atoms with Gasteiger partial charge in [0.2, 0.25) is 0 Å². The number of benzene rings is 9. The van der Waals surface area contributed by atoms with E-state index in [-0.39, 0.29) is 37.3 Å². The molecule has 80 heavy (non-hydrogen) atoms. The molecule has 0 N–H and O–H groups in total. The van der Waals surface area contributed by atoms with Crippen molar-refractivity contribution in [3.8, 4) is 50.7 Å². The van der Waals surface area contributed by atoms with Gasteiger partial charge >= 0.3 is 0 Å². The first-order valence-corrected chi connectivity index (χ1v) is 27.7. The predicted octanol–water partition coefficient (Wildman–Crippen LogP) is 19.5. The number of rotatable bonds is 8. The van der Waals surface area contributed by atoms with Crippen molar-refractivity contribution >= 4 is 44.6 Å². The molecule has 5 nitrogen and oxygen atoms in total. The molecular formula is C74H65N4OPt-3. The van der Waals surface area contributed by atoms with Crippen LogP contribution >= 0.6 is 0 Å². The van der Waals surface area contributed by atoms with Gasteiger partial charge in [-0.3, -0.25) is 0 Å². The molecule has 6 heteroatoms. The van der Waals surface area contributed by atoms with Crippen LogP contribution in [0.4, 0.5) is 22.7 Å².